The van der Waals surface area contributed by atoms with Crippen LogP contribution in [0.4, 0.5) is 0 Å². The number of aromatic carboxylic acids is 1. The molecule has 1 aliphatic rings. The summed E-state index contributed by atoms with van der Waals surface area (Å²) in [7, 11) is 0. The largest absolute Gasteiger partial charge is 0.478 e. The number of rotatable bonds is 4. The van der Waals surface area contributed by atoms with Gasteiger partial charge in [0.1, 0.15) is 0 Å². The number of hydrogen-bond donors (Lipinski definition) is 1. The number of carbonyl (C=O) groups excluding carboxylic acids is 1. The second-order valence-electron chi connectivity index (χ2n) is 4.42. The molecule has 2 heterocycles. The Morgan fingerprint density at radius 1 is 1.32 bits per heavy atom. The predicted octanol–water partition coefficient (Wildman–Crippen LogP) is 1.88. The number of carbonyl (C=O) groups is 2. The zero-order valence-corrected chi connectivity index (χ0v) is 11.4. The van der Waals surface area contributed by atoms with Gasteiger partial charge in [-0.25, -0.2) is 9.78 Å². The molecule has 0 aromatic carbocycles. The average molecular weight is 280 g/mol. The van der Waals surface area contributed by atoms with E-state index in [2.05, 4.69) is 4.98 Å². The van der Waals surface area contributed by atoms with Crippen LogP contribution in [0.25, 0.3) is 0 Å². The van der Waals surface area contributed by atoms with Crippen LogP contribution in [0, 0.1) is 0 Å². The van der Waals surface area contributed by atoms with Gasteiger partial charge in [0.25, 0.3) is 0 Å². The van der Waals surface area contributed by atoms with Gasteiger partial charge < -0.3 is 10.0 Å². The lowest BCUT2D eigenvalue weighted by atomic mass is 10.1. The maximum Gasteiger partial charge on any atom is 0.335 e. The summed E-state index contributed by atoms with van der Waals surface area (Å²) in [4.78, 5) is 28.7. The third-order valence-corrected chi connectivity index (χ3v) is 3.94. The summed E-state index contributed by atoms with van der Waals surface area (Å²) in [6, 6.07) is 2.94. The van der Waals surface area contributed by atoms with Crippen LogP contribution < -0.4 is 0 Å². The van der Waals surface area contributed by atoms with Gasteiger partial charge in [-0.05, 0) is 31.4 Å². The summed E-state index contributed by atoms with van der Waals surface area (Å²) in [6.07, 6.45) is 4.79. The van der Waals surface area contributed by atoms with Gasteiger partial charge in [-0.2, -0.15) is 0 Å². The smallest absolute Gasteiger partial charge is 0.335 e. The molecule has 5 nitrogen and oxygen atoms in total. The van der Waals surface area contributed by atoms with Crippen LogP contribution in [0.15, 0.2) is 23.4 Å². The molecular weight excluding hydrogens is 264 g/mol. The molecule has 1 aromatic rings. The van der Waals surface area contributed by atoms with Gasteiger partial charge in [0.2, 0.25) is 5.91 Å². The first-order valence-corrected chi connectivity index (χ1v) is 7.25. The normalized spacial score (nSPS) is 15.3. The first kappa shape index (κ1) is 13.9. The molecular formula is C13H16N2O3S. The molecule has 0 atom stereocenters. The standard InChI is InChI=1S/C13H16N2O3S/c16-12(15-6-2-1-3-7-15)9-19-11-8-10(13(17)18)4-5-14-11/h4-5,8H,1-3,6-7,9H2,(H,17,18). The lowest BCUT2D eigenvalue weighted by Gasteiger charge is -2.26. The Hall–Kier alpha value is -1.56. The number of pyridine rings is 1. The van der Waals surface area contributed by atoms with E-state index < -0.39 is 5.97 Å². The number of hydrogen-bond acceptors (Lipinski definition) is 4. The Kier molecular flexibility index (Phi) is 4.79. The monoisotopic (exact) mass is 280 g/mol. The van der Waals surface area contributed by atoms with Crippen LogP contribution in [-0.2, 0) is 4.79 Å². The molecule has 0 aliphatic carbocycles. The highest BCUT2D eigenvalue weighted by Crippen LogP contribution is 2.18. The summed E-state index contributed by atoms with van der Waals surface area (Å²) >= 11 is 1.29. The molecule has 1 aliphatic heterocycles. The Bertz CT molecular complexity index is 473. The van der Waals surface area contributed by atoms with Crippen molar-refractivity contribution in [1.82, 2.24) is 9.88 Å². The van der Waals surface area contributed by atoms with E-state index in [9.17, 15) is 9.59 Å². The zero-order valence-electron chi connectivity index (χ0n) is 10.5. The highest BCUT2D eigenvalue weighted by Gasteiger charge is 2.16. The third-order valence-electron chi connectivity index (χ3n) is 3.03. The van der Waals surface area contributed by atoms with Crippen molar-refractivity contribution in [2.75, 3.05) is 18.8 Å². The van der Waals surface area contributed by atoms with Crippen LogP contribution >= 0.6 is 11.8 Å². The van der Waals surface area contributed by atoms with Gasteiger partial charge in [0.05, 0.1) is 16.3 Å². The summed E-state index contributed by atoms with van der Waals surface area (Å²) < 4.78 is 0. The lowest BCUT2D eigenvalue weighted by Crippen LogP contribution is -2.36. The van der Waals surface area contributed by atoms with Crippen LogP contribution in [0.2, 0.25) is 0 Å². The number of likely N-dealkylation sites (tertiary alicyclic amines) is 1. The van der Waals surface area contributed by atoms with Crippen molar-refractivity contribution in [1.29, 1.82) is 0 Å². The van der Waals surface area contributed by atoms with Gasteiger partial charge in [-0.1, -0.05) is 11.8 Å². The molecule has 0 spiro atoms. The van der Waals surface area contributed by atoms with Crippen molar-refractivity contribution in [2.45, 2.75) is 24.3 Å². The van der Waals surface area contributed by atoms with Crippen LogP contribution in [0.1, 0.15) is 29.6 Å². The number of carboxylic acid groups (broad SMARTS) is 1. The van der Waals surface area contributed by atoms with Crippen LogP contribution in [0.5, 0.6) is 0 Å². The lowest BCUT2D eigenvalue weighted by molar-refractivity contribution is -0.129. The van der Waals surface area contributed by atoms with Crippen molar-refractivity contribution < 1.29 is 14.7 Å². The van der Waals surface area contributed by atoms with E-state index in [1.54, 1.807) is 0 Å². The molecule has 6 heteroatoms. The minimum Gasteiger partial charge on any atom is -0.478 e. The van der Waals surface area contributed by atoms with Crippen molar-refractivity contribution in [3.63, 3.8) is 0 Å². The fourth-order valence-corrected chi connectivity index (χ4v) is 2.79. The number of aromatic nitrogens is 1. The second-order valence-corrected chi connectivity index (χ2v) is 5.41. The van der Waals surface area contributed by atoms with Crippen molar-refractivity contribution in [3.8, 4) is 0 Å². The first-order valence-electron chi connectivity index (χ1n) is 6.27. The first-order chi connectivity index (χ1) is 9.16. The van der Waals surface area contributed by atoms with E-state index >= 15 is 0 Å². The molecule has 1 saturated heterocycles. The van der Waals surface area contributed by atoms with Gasteiger partial charge in [0.15, 0.2) is 0 Å². The Labute approximate surface area is 116 Å². The van der Waals surface area contributed by atoms with Crippen molar-refractivity contribution in [3.05, 3.63) is 23.9 Å². The van der Waals surface area contributed by atoms with Crippen LogP contribution in [0.3, 0.4) is 0 Å². The van der Waals surface area contributed by atoms with E-state index in [-0.39, 0.29) is 11.5 Å². The summed E-state index contributed by atoms with van der Waals surface area (Å²) in [5.74, 6) is -0.561. The number of carboxylic acids is 1. The molecule has 0 radical (unpaired) electrons. The van der Waals surface area contributed by atoms with Gasteiger partial charge in [-0.15, -0.1) is 0 Å². The van der Waals surface area contributed by atoms with Crippen LogP contribution in [-0.4, -0.2) is 45.7 Å². The van der Waals surface area contributed by atoms with Gasteiger partial charge in [0, 0.05) is 19.3 Å². The second kappa shape index (κ2) is 6.56. The van der Waals surface area contributed by atoms with E-state index in [4.69, 9.17) is 5.11 Å². The Balaban J connectivity index is 1.89. The van der Waals surface area contributed by atoms with E-state index in [0.717, 1.165) is 25.9 Å². The molecule has 1 N–H and O–H groups in total. The highest BCUT2D eigenvalue weighted by atomic mass is 32.2. The highest BCUT2D eigenvalue weighted by molar-refractivity contribution is 7.99. The fourth-order valence-electron chi connectivity index (χ4n) is 1.99. The molecule has 2 rings (SSSR count). The molecule has 0 saturated carbocycles. The predicted molar refractivity (Wildman–Crippen MR) is 72.4 cm³/mol. The zero-order chi connectivity index (χ0) is 13.7. The maximum atomic E-state index is 12.0. The third kappa shape index (κ3) is 3.96. The summed E-state index contributed by atoms with van der Waals surface area (Å²) in [5.41, 5.74) is 0.197. The van der Waals surface area contributed by atoms with E-state index in [1.165, 1.54) is 36.5 Å². The number of amides is 1. The minimum absolute atomic E-state index is 0.104. The molecule has 1 aromatic heterocycles. The Morgan fingerprint density at radius 2 is 2.05 bits per heavy atom. The molecule has 19 heavy (non-hydrogen) atoms. The van der Waals surface area contributed by atoms with Gasteiger partial charge >= 0.3 is 5.97 Å². The van der Waals surface area contributed by atoms with E-state index in [1.807, 2.05) is 4.90 Å². The number of nitrogens with zero attached hydrogens (tertiary/aromatic N) is 2. The maximum absolute atomic E-state index is 12.0. The topological polar surface area (TPSA) is 70.5 Å². The SMILES string of the molecule is O=C(O)c1ccnc(SCC(=O)N2CCCCC2)c1. The molecule has 102 valence electrons. The average Bonchev–Trinajstić information content (AvgIpc) is 2.46. The Morgan fingerprint density at radius 3 is 2.74 bits per heavy atom. The number of piperidine rings is 1. The summed E-state index contributed by atoms with van der Waals surface area (Å²) in [6.45, 7) is 1.67. The molecule has 1 fully saturated rings. The van der Waals surface area contributed by atoms with Gasteiger partial charge in [-0.3, -0.25) is 4.79 Å². The minimum atomic E-state index is -0.980. The van der Waals surface area contributed by atoms with Crippen molar-refractivity contribution >= 4 is 23.6 Å². The fraction of sp³-hybridized carbons (Fsp3) is 0.462. The quantitative estimate of drug-likeness (QED) is 0.853. The summed E-state index contributed by atoms with van der Waals surface area (Å²) in [5, 5.41) is 9.45. The molecule has 1 amide bonds. The number of thioether (sulfide) groups is 1. The van der Waals surface area contributed by atoms with E-state index in [0.29, 0.717) is 10.8 Å². The molecule has 0 unspecified atom stereocenters. The van der Waals surface area contributed by atoms with Crippen molar-refractivity contribution in [2.24, 2.45) is 0 Å². The molecule has 0 bridgehead atoms.